The van der Waals surface area contributed by atoms with Gasteiger partial charge < -0.3 is 0 Å². The van der Waals surface area contributed by atoms with E-state index in [0.717, 1.165) is 35.5 Å². The van der Waals surface area contributed by atoms with Gasteiger partial charge in [-0.1, -0.05) is 39.3 Å². The zero-order valence-corrected chi connectivity index (χ0v) is 16.0. The molecule has 0 N–H and O–H groups in total. The van der Waals surface area contributed by atoms with Crippen molar-refractivity contribution in [2.45, 2.75) is 85.5 Å². The topological polar surface area (TPSA) is 0 Å². The average molecular weight is 315 g/mol. The number of hydrogen-bond acceptors (Lipinski definition) is 0. The maximum Gasteiger partial charge on any atom is -0.0152 e. The summed E-state index contributed by atoms with van der Waals surface area (Å²) in [6.07, 6.45) is 13.5. The van der Waals surface area contributed by atoms with Crippen molar-refractivity contribution in [3.8, 4) is 0 Å². The van der Waals surface area contributed by atoms with Crippen molar-refractivity contribution in [1.29, 1.82) is 0 Å². The van der Waals surface area contributed by atoms with Crippen molar-refractivity contribution in [3.63, 3.8) is 0 Å². The summed E-state index contributed by atoms with van der Waals surface area (Å²) >= 11 is 0. The van der Waals surface area contributed by atoms with Gasteiger partial charge in [0.15, 0.2) is 0 Å². The minimum absolute atomic E-state index is 0.586. The molecular formula is C23H38. The van der Waals surface area contributed by atoms with Crippen LogP contribution in [0.4, 0.5) is 0 Å². The van der Waals surface area contributed by atoms with E-state index in [1.165, 1.54) is 63.4 Å². The summed E-state index contributed by atoms with van der Waals surface area (Å²) in [6.45, 7) is 14.5. The Balaban J connectivity index is 1.60. The number of rotatable bonds is 1. The smallest absolute Gasteiger partial charge is 0.0152 e. The second-order valence-electron chi connectivity index (χ2n) is 10.6. The van der Waals surface area contributed by atoms with Gasteiger partial charge in [0.1, 0.15) is 0 Å². The predicted octanol–water partition coefficient (Wildman–Crippen LogP) is 6.86. The van der Waals surface area contributed by atoms with Crippen molar-refractivity contribution < 1.29 is 0 Å². The molecule has 8 unspecified atom stereocenters. The summed E-state index contributed by atoms with van der Waals surface area (Å²) in [5.74, 6) is 5.94. The summed E-state index contributed by atoms with van der Waals surface area (Å²) in [6, 6.07) is 0. The highest BCUT2D eigenvalue weighted by Gasteiger charge is 2.58. The third-order valence-corrected chi connectivity index (χ3v) is 9.33. The van der Waals surface area contributed by atoms with Gasteiger partial charge in [-0.05, 0) is 105 Å². The summed E-state index contributed by atoms with van der Waals surface area (Å²) < 4.78 is 0. The zero-order chi connectivity index (χ0) is 16.4. The number of allylic oxidation sites excluding steroid dienone is 1. The Morgan fingerprint density at radius 2 is 1.52 bits per heavy atom. The monoisotopic (exact) mass is 314 g/mol. The Bertz CT molecular complexity index is 490. The molecule has 0 heterocycles. The van der Waals surface area contributed by atoms with Crippen LogP contribution in [0, 0.1) is 46.3 Å². The van der Waals surface area contributed by atoms with Crippen molar-refractivity contribution in [3.05, 3.63) is 12.2 Å². The first kappa shape index (κ1) is 16.2. The molecule has 0 radical (unpaired) electrons. The Morgan fingerprint density at radius 3 is 2.26 bits per heavy atom. The van der Waals surface area contributed by atoms with Gasteiger partial charge in [-0.2, -0.15) is 0 Å². The van der Waals surface area contributed by atoms with Crippen LogP contribution in [0.2, 0.25) is 0 Å². The van der Waals surface area contributed by atoms with Gasteiger partial charge in [-0.25, -0.2) is 0 Å². The van der Waals surface area contributed by atoms with E-state index in [9.17, 15) is 0 Å². The van der Waals surface area contributed by atoms with Crippen LogP contribution in [0.1, 0.15) is 85.5 Å². The van der Waals surface area contributed by atoms with Crippen LogP contribution in [0.15, 0.2) is 12.2 Å². The van der Waals surface area contributed by atoms with Crippen LogP contribution in [-0.4, -0.2) is 0 Å². The van der Waals surface area contributed by atoms with Crippen molar-refractivity contribution in [2.75, 3.05) is 0 Å². The molecular weight excluding hydrogens is 276 g/mol. The fourth-order valence-electron chi connectivity index (χ4n) is 8.42. The molecule has 0 aromatic rings. The molecule has 0 spiro atoms. The summed E-state index contributed by atoms with van der Waals surface area (Å²) in [4.78, 5) is 0. The Kier molecular flexibility index (Phi) is 3.79. The molecule has 0 aliphatic heterocycles. The van der Waals surface area contributed by atoms with E-state index >= 15 is 0 Å². The molecule has 0 bridgehead atoms. The Hall–Kier alpha value is -0.260. The van der Waals surface area contributed by atoms with E-state index < -0.39 is 0 Å². The molecule has 4 saturated carbocycles. The van der Waals surface area contributed by atoms with Crippen LogP contribution >= 0.6 is 0 Å². The average Bonchev–Trinajstić information content (AvgIpc) is 2.83. The van der Waals surface area contributed by atoms with E-state index in [4.69, 9.17) is 0 Å². The predicted molar refractivity (Wildman–Crippen MR) is 99.2 cm³/mol. The SMILES string of the molecule is C=C(C)C1CCC2C3CCC4(C)CC(C)CCC4C3CCC12C. The molecule has 0 heteroatoms. The quantitative estimate of drug-likeness (QED) is 0.464. The minimum Gasteiger partial charge on any atom is -0.0998 e. The van der Waals surface area contributed by atoms with E-state index in [1.54, 1.807) is 0 Å². The fourth-order valence-corrected chi connectivity index (χ4v) is 8.42. The largest absolute Gasteiger partial charge is 0.0998 e. The van der Waals surface area contributed by atoms with Crippen molar-refractivity contribution in [2.24, 2.45) is 46.3 Å². The van der Waals surface area contributed by atoms with Crippen LogP contribution in [0.25, 0.3) is 0 Å². The summed E-state index contributed by atoms with van der Waals surface area (Å²) in [5, 5.41) is 0. The van der Waals surface area contributed by atoms with Crippen LogP contribution in [0.3, 0.4) is 0 Å². The number of hydrogen-bond donors (Lipinski definition) is 0. The minimum atomic E-state index is 0.586. The highest BCUT2D eigenvalue weighted by atomic mass is 14.6. The molecule has 0 aromatic heterocycles. The van der Waals surface area contributed by atoms with Gasteiger partial charge in [0.2, 0.25) is 0 Å². The summed E-state index contributed by atoms with van der Waals surface area (Å²) in [5.41, 5.74) is 2.74. The van der Waals surface area contributed by atoms with E-state index in [0.29, 0.717) is 10.8 Å². The van der Waals surface area contributed by atoms with Crippen LogP contribution in [-0.2, 0) is 0 Å². The molecule has 4 aliphatic carbocycles. The maximum atomic E-state index is 4.36. The second kappa shape index (κ2) is 5.37. The first-order valence-electron chi connectivity index (χ1n) is 10.5. The van der Waals surface area contributed by atoms with Crippen LogP contribution in [0.5, 0.6) is 0 Å². The first-order chi connectivity index (χ1) is 10.8. The second-order valence-corrected chi connectivity index (χ2v) is 10.6. The van der Waals surface area contributed by atoms with Crippen LogP contribution < -0.4 is 0 Å². The highest BCUT2D eigenvalue weighted by molar-refractivity contribution is 5.14. The zero-order valence-electron chi connectivity index (χ0n) is 16.0. The molecule has 0 aromatic carbocycles. The lowest BCUT2D eigenvalue weighted by Crippen LogP contribution is -2.51. The van der Waals surface area contributed by atoms with Gasteiger partial charge in [-0.3, -0.25) is 0 Å². The van der Waals surface area contributed by atoms with Gasteiger partial charge in [0, 0.05) is 0 Å². The first-order valence-corrected chi connectivity index (χ1v) is 10.5. The standard InChI is InChI=1S/C23H38/c1-15(2)19-8-9-21-18-10-12-22(4)14-16(3)6-7-20(22)17(18)11-13-23(19,21)5/h16-21H,1,6-14H2,2-5H3. The third kappa shape index (κ3) is 2.30. The molecule has 0 amide bonds. The van der Waals surface area contributed by atoms with E-state index in [-0.39, 0.29) is 0 Å². The molecule has 23 heavy (non-hydrogen) atoms. The van der Waals surface area contributed by atoms with E-state index in [1.807, 2.05) is 0 Å². The molecule has 0 nitrogen and oxygen atoms in total. The van der Waals surface area contributed by atoms with Gasteiger partial charge >= 0.3 is 0 Å². The molecule has 4 rings (SSSR count). The van der Waals surface area contributed by atoms with Gasteiger partial charge in [0.25, 0.3) is 0 Å². The molecule has 130 valence electrons. The maximum absolute atomic E-state index is 4.36. The molecule has 4 fully saturated rings. The molecule has 4 aliphatic rings. The molecule has 0 saturated heterocycles. The Morgan fingerprint density at radius 1 is 0.870 bits per heavy atom. The fraction of sp³-hybridized carbons (Fsp3) is 0.913. The highest BCUT2D eigenvalue weighted by Crippen LogP contribution is 2.67. The lowest BCUT2D eigenvalue weighted by molar-refractivity contribution is -0.100. The lowest BCUT2D eigenvalue weighted by atomic mass is 9.45. The van der Waals surface area contributed by atoms with E-state index in [2.05, 4.69) is 34.3 Å². The van der Waals surface area contributed by atoms with Crippen molar-refractivity contribution in [1.82, 2.24) is 0 Å². The lowest BCUT2D eigenvalue weighted by Gasteiger charge is -2.60. The summed E-state index contributed by atoms with van der Waals surface area (Å²) in [7, 11) is 0. The Labute approximate surface area is 144 Å². The normalized spacial score (nSPS) is 55.7. The van der Waals surface area contributed by atoms with Gasteiger partial charge in [0.05, 0.1) is 0 Å². The molecule has 8 atom stereocenters. The van der Waals surface area contributed by atoms with Gasteiger partial charge in [-0.15, -0.1) is 0 Å². The van der Waals surface area contributed by atoms with Crippen molar-refractivity contribution >= 4 is 0 Å². The number of fused-ring (bicyclic) bond motifs is 5. The third-order valence-electron chi connectivity index (χ3n) is 9.33.